The zero-order chi connectivity index (χ0) is 25.6. The molecule has 13 N–H and O–H groups in total. The number of nitrogens with zero attached hydrogens (tertiary/aromatic N) is 2. The molecule has 0 aromatic carbocycles. The zero-order valence-corrected chi connectivity index (χ0v) is 21.8. The first kappa shape index (κ1) is 35.4. The molecule has 182 valence electrons. The summed E-state index contributed by atoms with van der Waals surface area (Å²) in [7, 11) is 0. The third kappa shape index (κ3) is 50.1. The minimum Gasteiger partial charge on any atom is -0.387 e. The van der Waals surface area contributed by atoms with E-state index in [2.05, 4.69) is 51.5 Å². The van der Waals surface area contributed by atoms with E-state index in [4.69, 9.17) is 39.8 Å². The van der Waals surface area contributed by atoms with Gasteiger partial charge in [0.15, 0.2) is 11.9 Å². The number of aliphatic imine (C=N–C) groups is 2. The number of hydrogen-bond donors (Lipinski definition) is 7. The fourth-order valence-corrected chi connectivity index (χ4v) is 0.716. The zero-order valence-electron chi connectivity index (χ0n) is 21.8. The van der Waals surface area contributed by atoms with E-state index in [0.717, 1.165) is 6.54 Å². The summed E-state index contributed by atoms with van der Waals surface area (Å²) in [6, 6.07) is 0. The second kappa shape index (κ2) is 14.9. The molecule has 0 saturated carbocycles. The lowest BCUT2D eigenvalue weighted by Crippen LogP contribution is -2.27. The average Bonchev–Trinajstić information content (AvgIpc) is 2.42. The van der Waals surface area contributed by atoms with E-state index in [1.54, 1.807) is 0 Å². The number of guanidine groups is 2. The molecule has 0 fully saturated rings. The Morgan fingerprint density at radius 3 is 1.00 bits per heavy atom. The minimum atomic E-state index is -0.140. The fourth-order valence-electron chi connectivity index (χ4n) is 0.716. The van der Waals surface area contributed by atoms with Gasteiger partial charge in [0, 0.05) is 12.0 Å². The quantitative estimate of drug-likeness (QED) is 0.245. The van der Waals surface area contributed by atoms with Crippen molar-refractivity contribution in [1.82, 2.24) is 0 Å². The number of rotatable bonds is 1. The Kier molecular flexibility index (Phi) is 17.6. The molecular weight excluding hydrogens is 378 g/mol. The van der Waals surface area contributed by atoms with Crippen LogP contribution in [-0.2, 0) is 0 Å². The van der Waals surface area contributed by atoms with Crippen LogP contribution in [-0.4, -0.2) is 36.4 Å². The molecule has 0 aromatic heterocycles. The van der Waals surface area contributed by atoms with Crippen LogP contribution in [0.2, 0.25) is 0 Å². The summed E-state index contributed by atoms with van der Waals surface area (Å²) in [6.07, 6.45) is 0. The summed E-state index contributed by atoms with van der Waals surface area (Å²) >= 11 is 0. The molecule has 0 unspecified atom stereocenters. The lowest BCUT2D eigenvalue weighted by atomic mass is 9.96. The predicted molar refractivity (Wildman–Crippen MR) is 136 cm³/mol. The van der Waals surface area contributed by atoms with Crippen LogP contribution in [0.25, 0.3) is 0 Å². The SMILES string of the molecule is CC(C)(C)C(=N)N.CC(C)(C)CN.CC(C)(C)CN=C(N)N.CC(C)(C)N=C(N)N. The molecule has 0 atom stereocenters. The third-order valence-corrected chi connectivity index (χ3v) is 2.62. The summed E-state index contributed by atoms with van der Waals surface area (Å²) in [5, 5.41) is 6.92. The largest absolute Gasteiger partial charge is 0.387 e. The summed E-state index contributed by atoms with van der Waals surface area (Å²) in [4.78, 5) is 7.75. The number of nitrogens with one attached hydrogen (secondary N) is 1. The van der Waals surface area contributed by atoms with Crippen molar-refractivity contribution >= 4 is 17.8 Å². The molecule has 0 rings (SSSR count). The predicted octanol–water partition coefficient (Wildman–Crippen LogP) is 2.32. The molecule has 0 aliphatic heterocycles. The number of nitrogens with two attached hydrogens (primary N) is 6. The van der Waals surface area contributed by atoms with Crippen molar-refractivity contribution in [2.45, 2.75) is 88.6 Å². The van der Waals surface area contributed by atoms with E-state index in [1.165, 1.54) is 0 Å². The van der Waals surface area contributed by atoms with Gasteiger partial charge in [-0.1, -0.05) is 62.3 Å². The van der Waals surface area contributed by atoms with Crippen molar-refractivity contribution in [3.05, 3.63) is 0 Å². The van der Waals surface area contributed by atoms with Gasteiger partial charge in [-0.2, -0.15) is 0 Å². The average molecular weight is 432 g/mol. The normalized spacial score (nSPS) is 11.2. The maximum Gasteiger partial charge on any atom is 0.186 e. The molecule has 0 aliphatic carbocycles. The highest BCUT2D eigenvalue weighted by molar-refractivity contribution is 5.82. The van der Waals surface area contributed by atoms with E-state index in [-0.39, 0.29) is 34.1 Å². The van der Waals surface area contributed by atoms with E-state index < -0.39 is 0 Å². The van der Waals surface area contributed by atoms with E-state index >= 15 is 0 Å². The van der Waals surface area contributed by atoms with Crippen LogP contribution in [0.5, 0.6) is 0 Å². The van der Waals surface area contributed by atoms with Gasteiger partial charge in [-0.15, -0.1) is 0 Å². The Balaban J connectivity index is -0.000000152. The summed E-state index contributed by atoms with van der Waals surface area (Å²) in [5.74, 6) is 0.565. The molecule has 0 aliphatic rings. The molecule has 0 amide bonds. The van der Waals surface area contributed by atoms with E-state index in [9.17, 15) is 0 Å². The van der Waals surface area contributed by atoms with Crippen LogP contribution >= 0.6 is 0 Å². The van der Waals surface area contributed by atoms with E-state index in [0.29, 0.717) is 12.0 Å². The van der Waals surface area contributed by atoms with Crippen molar-refractivity contribution < 1.29 is 0 Å². The fraction of sp³-hybridized carbons (Fsp3) is 0.857. The molecule has 9 heteroatoms. The standard InChI is InChI=1S/C6H15N3.C5H13N3.C5H12N2.C5H13N/c1-6(2,3)4-9-5(7)8;1-5(2,3)8-4(6)7;1-5(2,3)4(6)7;1-5(2,3)4-6/h4H2,1-3H3,(H4,7,8,9);1-3H3,(H4,6,7,8);1-3H3,(H3,6,7);4,6H2,1-3H3. The van der Waals surface area contributed by atoms with Crippen LogP contribution < -0.4 is 34.4 Å². The van der Waals surface area contributed by atoms with Crippen molar-refractivity contribution in [2.24, 2.45) is 60.6 Å². The molecule has 0 radical (unpaired) electrons. The van der Waals surface area contributed by atoms with Gasteiger partial charge in [-0.3, -0.25) is 10.4 Å². The molecule has 0 spiro atoms. The highest BCUT2D eigenvalue weighted by Crippen LogP contribution is 2.12. The molecule has 0 heterocycles. The van der Waals surface area contributed by atoms with Gasteiger partial charge in [-0.25, -0.2) is 4.99 Å². The van der Waals surface area contributed by atoms with Gasteiger partial charge >= 0.3 is 0 Å². The van der Waals surface area contributed by atoms with Crippen LogP contribution in [0, 0.1) is 21.7 Å². The lowest BCUT2D eigenvalue weighted by molar-refractivity contribution is 0.428. The highest BCUT2D eigenvalue weighted by Gasteiger charge is 2.12. The molecule has 0 saturated heterocycles. The van der Waals surface area contributed by atoms with E-state index in [1.807, 2.05) is 41.5 Å². The first-order valence-corrected chi connectivity index (χ1v) is 10.0. The van der Waals surface area contributed by atoms with Gasteiger partial charge in [0.25, 0.3) is 0 Å². The van der Waals surface area contributed by atoms with Crippen LogP contribution in [0.15, 0.2) is 9.98 Å². The van der Waals surface area contributed by atoms with Gasteiger partial charge in [-0.05, 0) is 38.1 Å². The highest BCUT2D eigenvalue weighted by atomic mass is 15.0. The van der Waals surface area contributed by atoms with Gasteiger partial charge < -0.3 is 34.4 Å². The maximum atomic E-state index is 6.92. The number of amidine groups is 1. The second-order valence-electron chi connectivity index (χ2n) is 11.4. The third-order valence-electron chi connectivity index (χ3n) is 2.62. The van der Waals surface area contributed by atoms with Crippen molar-refractivity contribution in [1.29, 1.82) is 5.41 Å². The van der Waals surface area contributed by atoms with Gasteiger partial charge in [0.1, 0.15) is 0 Å². The first-order valence-electron chi connectivity index (χ1n) is 10.0. The Labute approximate surface area is 186 Å². The second-order valence-corrected chi connectivity index (χ2v) is 11.4. The Morgan fingerprint density at radius 2 is 0.967 bits per heavy atom. The Hall–Kier alpha value is -2.03. The summed E-state index contributed by atoms with van der Waals surface area (Å²) in [6.45, 7) is 25.6. The number of hydrogen-bond acceptors (Lipinski definition) is 4. The molecular formula is C21H53N9. The van der Waals surface area contributed by atoms with Crippen molar-refractivity contribution in [3.8, 4) is 0 Å². The molecule has 9 nitrogen and oxygen atoms in total. The van der Waals surface area contributed by atoms with Gasteiger partial charge in [0.05, 0.1) is 11.4 Å². The molecule has 0 bridgehead atoms. The Morgan fingerprint density at radius 1 is 0.667 bits per heavy atom. The summed E-state index contributed by atoms with van der Waals surface area (Å²) in [5.41, 5.74) is 31.2. The minimum absolute atomic E-state index is 0.139. The Bertz CT molecular complexity index is 501. The van der Waals surface area contributed by atoms with Crippen molar-refractivity contribution in [3.63, 3.8) is 0 Å². The summed E-state index contributed by atoms with van der Waals surface area (Å²) < 4.78 is 0. The van der Waals surface area contributed by atoms with Gasteiger partial charge in [0.2, 0.25) is 0 Å². The molecule has 30 heavy (non-hydrogen) atoms. The molecule has 0 aromatic rings. The van der Waals surface area contributed by atoms with Crippen LogP contribution in [0.1, 0.15) is 83.1 Å². The van der Waals surface area contributed by atoms with Crippen LogP contribution in [0.4, 0.5) is 0 Å². The maximum absolute atomic E-state index is 6.92. The van der Waals surface area contributed by atoms with Crippen molar-refractivity contribution in [2.75, 3.05) is 13.1 Å². The van der Waals surface area contributed by atoms with Crippen LogP contribution in [0.3, 0.4) is 0 Å². The lowest BCUT2D eigenvalue weighted by Gasteiger charge is -2.14. The monoisotopic (exact) mass is 431 g/mol. The topological polar surface area (TPSA) is 205 Å². The first-order chi connectivity index (χ1) is 12.8. The smallest absolute Gasteiger partial charge is 0.186 e.